The van der Waals surface area contributed by atoms with Gasteiger partial charge in [0.2, 0.25) is 0 Å². The molecule has 0 amide bonds. The number of hydrogen-bond acceptors (Lipinski definition) is 3. The number of fused-ring (bicyclic) bond motifs is 4. The van der Waals surface area contributed by atoms with Gasteiger partial charge in [0.1, 0.15) is 11.2 Å². The molecule has 0 spiro atoms. The van der Waals surface area contributed by atoms with Crippen molar-refractivity contribution >= 4 is 46.1 Å². The van der Waals surface area contributed by atoms with Crippen LogP contribution >= 0.6 is 0 Å². The van der Waals surface area contributed by atoms with E-state index in [4.69, 9.17) is 9.40 Å². The Hall–Kier alpha value is -3.76. The van der Waals surface area contributed by atoms with E-state index in [0.717, 1.165) is 55.4 Å². The molecule has 0 saturated carbocycles. The van der Waals surface area contributed by atoms with Crippen molar-refractivity contribution in [2.24, 2.45) is 0 Å². The Kier molecular flexibility index (Phi) is 4.45. The molecule has 4 heteroatoms. The highest BCUT2D eigenvalue weighted by Gasteiger charge is 2.20. The van der Waals surface area contributed by atoms with Crippen LogP contribution in [-0.4, -0.2) is 18.0 Å². The Morgan fingerprint density at radius 3 is 2.30 bits per heavy atom. The first-order valence-electron chi connectivity index (χ1n) is 11.3. The number of nitrogens with zero attached hydrogens (tertiary/aromatic N) is 2. The smallest absolute Gasteiger partial charge is 0.144 e. The molecule has 6 aromatic rings. The van der Waals surface area contributed by atoms with Crippen molar-refractivity contribution in [2.45, 2.75) is 19.6 Å². The van der Waals surface area contributed by atoms with Crippen LogP contribution in [0.1, 0.15) is 0 Å². The van der Waals surface area contributed by atoms with Crippen LogP contribution in [0.25, 0.3) is 55.4 Å². The van der Waals surface area contributed by atoms with Gasteiger partial charge in [0, 0.05) is 33.5 Å². The van der Waals surface area contributed by atoms with Crippen molar-refractivity contribution in [3.63, 3.8) is 0 Å². The summed E-state index contributed by atoms with van der Waals surface area (Å²) in [6, 6.07) is 29.4. The Labute approximate surface area is 193 Å². The van der Waals surface area contributed by atoms with E-state index in [-0.39, 0.29) is 0 Å². The van der Waals surface area contributed by atoms with Crippen molar-refractivity contribution in [3.8, 4) is 22.5 Å². The number of aromatic nitrogens is 2. The average Bonchev–Trinajstić information content (AvgIpc) is 3.22. The fraction of sp³-hybridized carbons (Fsp3) is 0.103. The van der Waals surface area contributed by atoms with Gasteiger partial charge < -0.3 is 4.42 Å². The Morgan fingerprint density at radius 1 is 0.667 bits per heavy atom. The number of benzene rings is 3. The summed E-state index contributed by atoms with van der Waals surface area (Å²) in [5.74, 6) is 0. The summed E-state index contributed by atoms with van der Waals surface area (Å²) in [5, 5.41) is 4.80. The van der Waals surface area contributed by atoms with Crippen molar-refractivity contribution in [2.75, 3.05) is 0 Å². The molecule has 160 valence electrons. The first-order chi connectivity index (χ1) is 16.0. The molecule has 3 aromatic carbocycles. The lowest BCUT2D eigenvalue weighted by Crippen LogP contribution is -2.37. The van der Waals surface area contributed by atoms with Crippen molar-refractivity contribution < 1.29 is 4.42 Å². The van der Waals surface area contributed by atoms with Gasteiger partial charge in [-0.3, -0.25) is 4.98 Å². The van der Waals surface area contributed by atoms with Crippen LogP contribution in [0.4, 0.5) is 0 Å². The molecular formula is C29H24N2OSi. The maximum absolute atomic E-state index is 6.31. The van der Waals surface area contributed by atoms with Crippen molar-refractivity contribution in [3.05, 3.63) is 91.1 Å². The third-order valence-corrected chi connectivity index (χ3v) is 8.34. The van der Waals surface area contributed by atoms with Gasteiger partial charge in [-0.2, -0.15) is 0 Å². The largest absolute Gasteiger partial charge is 0.455 e. The summed E-state index contributed by atoms with van der Waals surface area (Å²) in [5.41, 5.74) is 6.69. The van der Waals surface area contributed by atoms with Gasteiger partial charge in [0.25, 0.3) is 0 Å². The Balaban J connectivity index is 1.67. The number of rotatable bonds is 3. The molecule has 33 heavy (non-hydrogen) atoms. The van der Waals surface area contributed by atoms with Gasteiger partial charge in [0.15, 0.2) is 0 Å². The standard InChI is InChI=1S/C29H24N2OSi/c1-33(2,3)19-14-15-26-23(17-19)24(25-12-6-7-16-30-25)18-27(31-26)22-11-8-10-21-20-9-4-5-13-28(20)32-29(21)22/h4-18H,1-3H3. The van der Waals surface area contributed by atoms with E-state index < -0.39 is 8.07 Å². The lowest BCUT2D eigenvalue weighted by Gasteiger charge is -2.18. The van der Waals surface area contributed by atoms with Gasteiger partial charge in [-0.25, -0.2) is 4.98 Å². The second kappa shape index (κ2) is 7.39. The average molecular weight is 445 g/mol. The quantitative estimate of drug-likeness (QED) is 0.267. The van der Waals surface area contributed by atoms with Gasteiger partial charge >= 0.3 is 0 Å². The summed E-state index contributed by atoms with van der Waals surface area (Å²) >= 11 is 0. The topological polar surface area (TPSA) is 38.9 Å². The molecule has 3 nitrogen and oxygen atoms in total. The zero-order valence-electron chi connectivity index (χ0n) is 19.0. The van der Waals surface area contributed by atoms with Crippen LogP contribution in [-0.2, 0) is 0 Å². The molecule has 3 aromatic heterocycles. The van der Waals surface area contributed by atoms with Gasteiger partial charge in [-0.15, -0.1) is 0 Å². The lowest BCUT2D eigenvalue weighted by molar-refractivity contribution is 0.670. The third kappa shape index (κ3) is 3.34. The highest BCUT2D eigenvalue weighted by molar-refractivity contribution is 6.88. The summed E-state index contributed by atoms with van der Waals surface area (Å²) in [7, 11) is -1.47. The highest BCUT2D eigenvalue weighted by atomic mass is 28.3. The molecule has 0 radical (unpaired) electrons. The van der Waals surface area contributed by atoms with Crippen LogP contribution in [0, 0.1) is 0 Å². The molecule has 0 aliphatic rings. The van der Waals surface area contributed by atoms with Crippen LogP contribution in [0.5, 0.6) is 0 Å². The minimum Gasteiger partial charge on any atom is -0.455 e. The molecule has 0 aliphatic carbocycles. The molecule has 0 N–H and O–H groups in total. The maximum Gasteiger partial charge on any atom is 0.144 e. The summed E-state index contributed by atoms with van der Waals surface area (Å²) < 4.78 is 6.31. The second-order valence-corrected chi connectivity index (χ2v) is 14.6. The Morgan fingerprint density at radius 2 is 1.48 bits per heavy atom. The maximum atomic E-state index is 6.31. The number of para-hydroxylation sites is 2. The predicted octanol–water partition coefficient (Wildman–Crippen LogP) is 7.41. The minimum atomic E-state index is -1.47. The van der Waals surface area contributed by atoms with Crippen LogP contribution in [0.3, 0.4) is 0 Å². The lowest BCUT2D eigenvalue weighted by atomic mass is 10.00. The van der Waals surface area contributed by atoms with Crippen LogP contribution in [0.15, 0.2) is 95.5 Å². The summed E-state index contributed by atoms with van der Waals surface area (Å²) in [6.07, 6.45) is 1.85. The Bertz CT molecular complexity index is 1650. The summed E-state index contributed by atoms with van der Waals surface area (Å²) in [4.78, 5) is 9.79. The van der Waals surface area contributed by atoms with Gasteiger partial charge in [-0.1, -0.05) is 73.4 Å². The first-order valence-corrected chi connectivity index (χ1v) is 14.8. The fourth-order valence-electron chi connectivity index (χ4n) is 4.51. The SMILES string of the molecule is C[Si](C)(C)c1ccc2nc(-c3cccc4c3oc3ccccc34)cc(-c3ccccn3)c2c1. The van der Waals surface area contributed by atoms with E-state index in [9.17, 15) is 0 Å². The molecule has 6 rings (SSSR count). The minimum absolute atomic E-state index is 0.872. The van der Waals surface area contributed by atoms with E-state index in [1.807, 2.05) is 36.5 Å². The second-order valence-electron chi connectivity index (χ2n) is 9.53. The van der Waals surface area contributed by atoms with E-state index in [1.54, 1.807) is 0 Å². The highest BCUT2D eigenvalue weighted by Crippen LogP contribution is 2.37. The molecule has 0 saturated heterocycles. The van der Waals surface area contributed by atoms with Crippen LogP contribution < -0.4 is 5.19 Å². The van der Waals surface area contributed by atoms with E-state index in [0.29, 0.717) is 0 Å². The van der Waals surface area contributed by atoms with Gasteiger partial charge in [-0.05, 0) is 36.4 Å². The normalized spacial score (nSPS) is 12.1. The third-order valence-electron chi connectivity index (χ3n) is 6.30. The van der Waals surface area contributed by atoms with Crippen molar-refractivity contribution in [1.29, 1.82) is 0 Å². The van der Waals surface area contributed by atoms with E-state index >= 15 is 0 Å². The number of furan rings is 1. The fourth-order valence-corrected chi connectivity index (χ4v) is 5.67. The van der Waals surface area contributed by atoms with Crippen LogP contribution in [0.2, 0.25) is 19.6 Å². The monoisotopic (exact) mass is 444 g/mol. The molecular weight excluding hydrogens is 420 g/mol. The molecule has 0 bridgehead atoms. The molecule has 0 unspecified atom stereocenters. The predicted molar refractivity (Wildman–Crippen MR) is 141 cm³/mol. The number of pyridine rings is 2. The molecule has 0 aliphatic heterocycles. The van der Waals surface area contributed by atoms with E-state index in [1.165, 1.54) is 5.19 Å². The zero-order chi connectivity index (χ0) is 22.6. The first kappa shape index (κ1) is 19.9. The van der Waals surface area contributed by atoms with Gasteiger partial charge in [0.05, 0.1) is 25.0 Å². The molecule has 0 fully saturated rings. The number of hydrogen-bond donors (Lipinski definition) is 0. The summed E-state index contributed by atoms with van der Waals surface area (Å²) in [6.45, 7) is 7.12. The molecule has 0 atom stereocenters. The van der Waals surface area contributed by atoms with E-state index in [2.05, 4.69) is 79.2 Å². The van der Waals surface area contributed by atoms with Crippen molar-refractivity contribution in [1.82, 2.24) is 9.97 Å². The molecule has 3 heterocycles. The zero-order valence-corrected chi connectivity index (χ0v) is 20.0.